The highest BCUT2D eigenvalue weighted by atomic mass is 35.5. The van der Waals surface area contributed by atoms with Gasteiger partial charge in [-0.3, -0.25) is 0 Å². The summed E-state index contributed by atoms with van der Waals surface area (Å²) in [5, 5.41) is 21.6. The highest BCUT2D eigenvalue weighted by molar-refractivity contribution is 6.35. The lowest BCUT2D eigenvalue weighted by molar-refractivity contribution is 0.105. The Hall–Kier alpha value is -0.480. The third-order valence-corrected chi connectivity index (χ3v) is 2.05. The molecule has 0 bridgehead atoms. The van der Waals surface area contributed by atoms with Crippen LogP contribution in [-0.4, -0.2) is 29.5 Å². The summed E-state index contributed by atoms with van der Waals surface area (Å²) in [4.78, 5) is 0. The van der Waals surface area contributed by atoms with Gasteiger partial charge in [0.05, 0.1) is 12.7 Å². The third-order valence-electron chi connectivity index (χ3n) is 1.62. The van der Waals surface area contributed by atoms with Crippen molar-refractivity contribution in [3.05, 3.63) is 28.2 Å². The van der Waals surface area contributed by atoms with Crippen molar-refractivity contribution in [2.24, 2.45) is 0 Å². The average Bonchev–Trinajstić information content (AvgIpc) is 2.12. The Morgan fingerprint density at radius 1 is 1.21 bits per heavy atom. The van der Waals surface area contributed by atoms with Crippen molar-refractivity contribution in [3.63, 3.8) is 0 Å². The Morgan fingerprint density at radius 3 is 2.29 bits per heavy atom. The van der Waals surface area contributed by atoms with Crippen LogP contribution in [0.3, 0.4) is 0 Å². The first-order valence-corrected chi connectivity index (χ1v) is 4.86. The maximum absolute atomic E-state index is 9.08. The molecule has 0 fully saturated rings. The maximum Gasteiger partial charge on any atom is 0.0942 e. The quantitative estimate of drug-likeness (QED) is 0.746. The van der Waals surface area contributed by atoms with Gasteiger partial charge in [0.25, 0.3) is 0 Å². The smallest absolute Gasteiger partial charge is 0.0942 e. The lowest BCUT2D eigenvalue weighted by Gasteiger charge is -2.10. The van der Waals surface area contributed by atoms with Crippen LogP contribution < -0.4 is 5.32 Å². The van der Waals surface area contributed by atoms with Crippen molar-refractivity contribution < 1.29 is 10.2 Å². The fourth-order valence-corrected chi connectivity index (χ4v) is 1.48. The number of aliphatic hydroxyl groups excluding tert-OH is 2. The molecule has 1 rings (SSSR count). The molecule has 1 atom stereocenters. The Morgan fingerprint density at radius 2 is 1.79 bits per heavy atom. The van der Waals surface area contributed by atoms with E-state index < -0.39 is 6.10 Å². The molecular weight excluding hydrogens is 225 g/mol. The van der Waals surface area contributed by atoms with Crippen molar-refractivity contribution in [1.29, 1.82) is 0 Å². The van der Waals surface area contributed by atoms with Gasteiger partial charge in [0.15, 0.2) is 0 Å². The van der Waals surface area contributed by atoms with E-state index in [4.69, 9.17) is 33.4 Å². The van der Waals surface area contributed by atoms with Crippen molar-refractivity contribution in [1.82, 2.24) is 0 Å². The summed E-state index contributed by atoms with van der Waals surface area (Å²) >= 11 is 11.5. The molecule has 0 spiro atoms. The second-order valence-corrected chi connectivity index (χ2v) is 3.75. The number of benzene rings is 1. The molecule has 78 valence electrons. The number of rotatable bonds is 4. The molecule has 0 aliphatic carbocycles. The number of nitrogens with one attached hydrogen (secondary N) is 1. The molecule has 0 amide bonds. The lowest BCUT2D eigenvalue weighted by atomic mass is 10.3. The third kappa shape index (κ3) is 3.72. The van der Waals surface area contributed by atoms with Crippen molar-refractivity contribution in [2.45, 2.75) is 6.10 Å². The number of hydrogen-bond donors (Lipinski definition) is 3. The SMILES string of the molecule is OC[C@@H](O)CNc1cc(Cl)cc(Cl)c1. The Labute approximate surface area is 92.3 Å². The molecule has 3 N–H and O–H groups in total. The standard InChI is InChI=1S/C9H11Cl2NO2/c10-6-1-7(11)3-8(2-6)12-4-9(14)5-13/h1-3,9,12-14H,4-5H2/t9-/m0/s1. The van der Waals surface area contributed by atoms with Gasteiger partial charge in [0.1, 0.15) is 0 Å². The lowest BCUT2D eigenvalue weighted by Crippen LogP contribution is -2.22. The van der Waals surface area contributed by atoms with E-state index in [1.807, 2.05) is 0 Å². The van der Waals surface area contributed by atoms with Gasteiger partial charge in [-0.1, -0.05) is 23.2 Å². The number of anilines is 1. The largest absolute Gasteiger partial charge is 0.394 e. The summed E-state index contributed by atoms with van der Waals surface area (Å²) in [6.07, 6.45) is -0.784. The van der Waals surface area contributed by atoms with Gasteiger partial charge in [-0.2, -0.15) is 0 Å². The Balaban J connectivity index is 2.58. The maximum atomic E-state index is 9.08. The number of hydrogen-bond acceptors (Lipinski definition) is 3. The summed E-state index contributed by atoms with van der Waals surface area (Å²) in [5.41, 5.74) is 0.718. The van der Waals surface area contributed by atoms with E-state index in [-0.39, 0.29) is 13.2 Å². The summed E-state index contributed by atoms with van der Waals surface area (Å²) < 4.78 is 0. The van der Waals surface area contributed by atoms with Gasteiger partial charge in [0.2, 0.25) is 0 Å². The van der Waals surface area contributed by atoms with Gasteiger partial charge >= 0.3 is 0 Å². The second kappa shape index (κ2) is 5.41. The van der Waals surface area contributed by atoms with Crippen LogP contribution in [0.2, 0.25) is 10.0 Å². The molecule has 0 heterocycles. The minimum absolute atomic E-state index is 0.257. The van der Waals surface area contributed by atoms with Gasteiger partial charge in [-0.15, -0.1) is 0 Å². The van der Waals surface area contributed by atoms with Crippen LogP contribution in [0.1, 0.15) is 0 Å². The van der Waals surface area contributed by atoms with Crippen LogP contribution >= 0.6 is 23.2 Å². The predicted molar refractivity (Wildman–Crippen MR) is 58.0 cm³/mol. The molecule has 0 saturated heterocycles. The Kier molecular flexibility index (Phi) is 4.48. The van der Waals surface area contributed by atoms with E-state index in [1.165, 1.54) is 0 Å². The van der Waals surface area contributed by atoms with Crippen molar-refractivity contribution in [3.8, 4) is 0 Å². The second-order valence-electron chi connectivity index (χ2n) is 2.88. The van der Waals surface area contributed by atoms with Crippen LogP contribution in [0, 0.1) is 0 Å². The topological polar surface area (TPSA) is 52.5 Å². The molecule has 0 unspecified atom stereocenters. The minimum atomic E-state index is -0.784. The first-order chi connectivity index (χ1) is 6.61. The van der Waals surface area contributed by atoms with E-state index in [9.17, 15) is 0 Å². The Bertz CT molecular complexity index is 287. The highest BCUT2D eigenvalue weighted by Crippen LogP contribution is 2.22. The van der Waals surface area contributed by atoms with E-state index in [0.29, 0.717) is 10.0 Å². The minimum Gasteiger partial charge on any atom is -0.394 e. The van der Waals surface area contributed by atoms with Crippen molar-refractivity contribution >= 4 is 28.9 Å². The van der Waals surface area contributed by atoms with Crippen LogP contribution in [0.5, 0.6) is 0 Å². The fraction of sp³-hybridized carbons (Fsp3) is 0.333. The van der Waals surface area contributed by atoms with Gasteiger partial charge in [-0.05, 0) is 18.2 Å². The first-order valence-electron chi connectivity index (χ1n) is 4.10. The van der Waals surface area contributed by atoms with Crippen LogP contribution in [0.4, 0.5) is 5.69 Å². The molecular formula is C9H11Cl2NO2. The zero-order chi connectivity index (χ0) is 10.6. The first kappa shape index (κ1) is 11.6. The molecule has 1 aromatic rings. The molecule has 5 heteroatoms. The zero-order valence-corrected chi connectivity index (χ0v) is 8.89. The normalized spacial score (nSPS) is 12.6. The zero-order valence-electron chi connectivity index (χ0n) is 7.37. The van der Waals surface area contributed by atoms with E-state index in [1.54, 1.807) is 18.2 Å². The van der Waals surface area contributed by atoms with Gasteiger partial charge in [-0.25, -0.2) is 0 Å². The van der Waals surface area contributed by atoms with Gasteiger partial charge in [0, 0.05) is 22.3 Å². The van der Waals surface area contributed by atoms with Crippen LogP contribution in [0.15, 0.2) is 18.2 Å². The molecule has 14 heavy (non-hydrogen) atoms. The molecule has 1 aromatic carbocycles. The summed E-state index contributed by atoms with van der Waals surface area (Å²) in [6.45, 7) is -0.0194. The van der Waals surface area contributed by atoms with Gasteiger partial charge < -0.3 is 15.5 Å². The summed E-state index contributed by atoms with van der Waals surface area (Å²) in [5.74, 6) is 0. The molecule has 3 nitrogen and oxygen atoms in total. The average molecular weight is 236 g/mol. The van der Waals surface area contributed by atoms with Crippen molar-refractivity contribution in [2.75, 3.05) is 18.5 Å². The molecule has 0 aliphatic heterocycles. The number of halogens is 2. The molecule has 0 aliphatic rings. The van der Waals surface area contributed by atoms with E-state index in [0.717, 1.165) is 5.69 Å². The fourth-order valence-electron chi connectivity index (χ4n) is 0.956. The van der Waals surface area contributed by atoms with Crippen LogP contribution in [-0.2, 0) is 0 Å². The van der Waals surface area contributed by atoms with Crippen LogP contribution in [0.25, 0.3) is 0 Å². The highest BCUT2D eigenvalue weighted by Gasteiger charge is 2.02. The molecule has 0 aromatic heterocycles. The predicted octanol–water partition coefficient (Wildman–Crippen LogP) is 1.76. The van der Waals surface area contributed by atoms with E-state index >= 15 is 0 Å². The summed E-state index contributed by atoms with van der Waals surface area (Å²) in [6, 6.07) is 5.01. The monoisotopic (exact) mass is 235 g/mol. The number of aliphatic hydroxyl groups is 2. The molecule has 0 saturated carbocycles. The van der Waals surface area contributed by atoms with E-state index in [2.05, 4.69) is 5.32 Å². The molecule has 0 radical (unpaired) electrons. The summed E-state index contributed by atoms with van der Waals surface area (Å²) in [7, 11) is 0.